The van der Waals surface area contributed by atoms with Crippen molar-refractivity contribution in [2.75, 3.05) is 27.4 Å². The van der Waals surface area contributed by atoms with E-state index in [-0.39, 0.29) is 23.6 Å². The van der Waals surface area contributed by atoms with Crippen molar-refractivity contribution in [1.29, 1.82) is 0 Å². The monoisotopic (exact) mass is 439 g/mol. The normalized spacial score (nSPS) is 17.5. The van der Waals surface area contributed by atoms with E-state index in [1.807, 2.05) is 0 Å². The highest BCUT2D eigenvalue weighted by Gasteiger charge is 2.45. The van der Waals surface area contributed by atoms with Crippen molar-refractivity contribution in [3.8, 4) is 11.5 Å². The van der Waals surface area contributed by atoms with Crippen LogP contribution >= 0.6 is 0 Å². The van der Waals surface area contributed by atoms with Gasteiger partial charge in [0.1, 0.15) is 17.3 Å². The smallest absolute Gasteiger partial charge is 0.308 e. The van der Waals surface area contributed by atoms with E-state index in [1.54, 1.807) is 55.6 Å². The number of ketones is 1. The van der Waals surface area contributed by atoms with Gasteiger partial charge in [0, 0.05) is 32.7 Å². The van der Waals surface area contributed by atoms with Crippen LogP contribution < -0.4 is 9.47 Å². The Bertz CT molecular complexity index is 1060. The Labute approximate surface area is 186 Å². The summed E-state index contributed by atoms with van der Waals surface area (Å²) < 4.78 is 15.5. The van der Waals surface area contributed by atoms with Gasteiger partial charge in [-0.15, -0.1) is 0 Å². The van der Waals surface area contributed by atoms with E-state index in [9.17, 15) is 19.5 Å². The topological polar surface area (TPSA) is 102 Å². The summed E-state index contributed by atoms with van der Waals surface area (Å²) in [5.74, 6) is -1.53. The van der Waals surface area contributed by atoms with Crippen molar-refractivity contribution >= 4 is 23.4 Å². The number of aliphatic hydroxyl groups excluding tert-OH is 1. The molecule has 1 atom stereocenters. The quantitative estimate of drug-likeness (QED) is 0.168. The molecular weight excluding hydrogens is 414 g/mol. The Kier molecular flexibility index (Phi) is 7.27. The predicted octanol–water partition coefficient (Wildman–Crippen LogP) is 3.08. The number of aliphatic hydroxyl groups is 1. The molecule has 1 aliphatic heterocycles. The third-order valence-electron chi connectivity index (χ3n) is 5.07. The predicted molar refractivity (Wildman–Crippen MR) is 116 cm³/mol. The van der Waals surface area contributed by atoms with Gasteiger partial charge in [-0.05, 0) is 36.2 Å². The number of methoxy groups -OCH3 is 2. The maximum absolute atomic E-state index is 13.0. The molecule has 1 unspecified atom stereocenters. The molecule has 0 aliphatic carbocycles. The van der Waals surface area contributed by atoms with Crippen LogP contribution in [-0.2, 0) is 19.1 Å². The molecule has 8 heteroatoms. The molecule has 2 aromatic rings. The minimum absolute atomic E-state index is 0.0411. The van der Waals surface area contributed by atoms with Gasteiger partial charge in [0.2, 0.25) is 0 Å². The number of Topliss-reactive ketones (excluding diaryl/α,β-unsaturated/α-hetero) is 1. The Morgan fingerprint density at radius 3 is 2.47 bits per heavy atom. The number of hydrogen-bond donors (Lipinski definition) is 1. The molecule has 0 saturated carbocycles. The Hall–Kier alpha value is -3.65. The van der Waals surface area contributed by atoms with Crippen molar-refractivity contribution in [3.05, 3.63) is 65.2 Å². The summed E-state index contributed by atoms with van der Waals surface area (Å²) in [5.41, 5.74) is 0.839. The molecule has 0 bridgehead atoms. The highest BCUT2D eigenvalue weighted by Crippen LogP contribution is 2.40. The zero-order valence-corrected chi connectivity index (χ0v) is 18.2. The SMILES string of the molecule is COCCCN1C(=O)C(=O)/C(=C(\O)c2cccc(OC)c2)C1c1cccc(OC(C)=O)c1. The number of esters is 1. The van der Waals surface area contributed by atoms with Crippen molar-refractivity contribution < 1.29 is 33.7 Å². The van der Waals surface area contributed by atoms with E-state index in [2.05, 4.69) is 0 Å². The highest BCUT2D eigenvalue weighted by molar-refractivity contribution is 6.46. The molecule has 2 aromatic carbocycles. The molecule has 0 radical (unpaired) electrons. The third kappa shape index (κ3) is 4.81. The van der Waals surface area contributed by atoms with Gasteiger partial charge in [-0.1, -0.05) is 24.3 Å². The first-order valence-electron chi connectivity index (χ1n) is 10.1. The molecule has 0 spiro atoms. The average molecular weight is 439 g/mol. The van der Waals surface area contributed by atoms with Crippen LogP contribution in [0.1, 0.15) is 30.5 Å². The fourth-order valence-electron chi connectivity index (χ4n) is 3.68. The molecule has 1 heterocycles. The van der Waals surface area contributed by atoms with E-state index < -0.39 is 23.7 Å². The summed E-state index contributed by atoms with van der Waals surface area (Å²) in [6.45, 7) is 1.93. The van der Waals surface area contributed by atoms with Crippen LogP contribution in [0.5, 0.6) is 11.5 Å². The van der Waals surface area contributed by atoms with Gasteiger partial charge < -0.3 is 24.2 Å². The fraction of sp³-hybridized carbons (Fsp3) is 0.292. The van der Waals surface area contributed by atoms with Crippen LogP contribution in [0.4, 0.5) is 0 Å². The summed E-state index contributed by atoms with van der Waals surface area (Å²) in [4.78, 5) is 38.7. The van der Waals surface area contributed by atoms with Crippen LogP contribution in [0.3, 0.4) is 0 Å². The number of likely N-dealkylation sites (tertiary alicyclic amines) is 1. The van der Waals surface area contributed by atoms with Gasteiger partial charge >= 0.3 is 5.97 Å². The average Bonchev–Trinajstić information content (AvgIpc) is 3.03. The lowest BCUT2D eigenvalue weighted by Gasteiger charge is -2.25. The Balaban J connectivity index is 2.14. The maximum atomic E-state index is 13.0. The van der Waals surface area contributed by atoms with Gasteiger partial charge in [0.15, 0.2) is 0 Å². The molecule has 1 aliphatic rings. The standard InChI is InChI=1S/C24H25NO7/c1-15(26)32-19-10-4-7-16(13-19)21-20(22(27)17-8-5-9-18(14-17)31-3)23(28)24(29)25(21)11-6-12-30-2/h4-5,7-10,13-14,21,27H,6,11-12H2,1-3H3/b22-20-. The molecule has 168 valence electrons. The third-order valence-corrected chi connectivity index (χ3v) is 5.07. The van der Waals surface area contributed by atoms with Gasteiger partial charge in [-0.2, -0.15) is 0 Å². The summed E-state index contributed by atoms with van der Waals surface area (Å²) in [6.07, 6.45) is 0.503. The van der Waals surface area contributed by atoms with Crippen molar-refractivity contribution in [1.82, 2.24) is 4.90 Å². The van der Waals surface area contributed by atoms with Gasteiger partial charge in [0.05, 0.1) is 18.7 Å². The lowest BCUT2D eigenvalue weighted by Crippen LogP contribution is -2.31. The van der Waals surface area contributed by atoms with E-state index in [4.69, 9.17) is 14.2 Å². The minimum Gasteiger partial charge on any atom is -0.507 e. The first kappa shape index (κ1) is 23.0. The van der Waals surface area contributed by atoms with Crippen molar-refractivity contribution in [2.45, 2.75) is 19.4 Å². The molecule has 1 saturated heterocycles. The second-order valence-electron chi connectivity index (χ2n) is 7.24. The number of carbonyl (C=O) groups excluding carboxylic acids is 3. The number of carbonyl (C=O) groups is 3. The number of hydrogen-bond acceptors (Lipinski definition) is 7. The molecule has 8 nitrogen and oxygen atoms in total. The number of benzene rings is 2. The van der Waals surface area contributed by atoms with Crippen molar-refractivity contribution in [3.63, 3.8) is 0 Å². The van der Waals surface area contributed by atoms with Crippen LogP contribution in [0.2, 0.25) is 0 Å². The highest BCUT2D eigenvalue weighted by atomic mass is 16.5. The molecular formula is C24H25NO7. The molecule has 32 heavy (non-hydrogen) atoms. The first-order valence-corrected chi connectivity index (χ1v) is 10.1. The van der Waals surface area contributed by atoms with Crippen LogP contribution in [-0.4, -0.2) is 55.0 Å². The molecule has 1 fully saturated rings. The van der Waals surface area contributed by atoms with E-state index in [1.165, 1.54) is 18.9 Å². The second kappa shape index (κ2) is 10.1. The van der Waals surface area contributed by atoms with E-state index in [0.29, 0.717) is 29.9 Å². The zero-order chi connectivity index (χ0) is 23.3. The lowest BCUT2D eigenvalue weighted by atomic mass is 9.95. The van der Waals surface area contributed by atoms with E-state index in [0.717, 1.165) is 0 Å². The zero-order valence-electron chi connectivity index (χ0n) is 18.2. The van der Waals surface area contributed by atoms with Crippen LogP contribution in [0.25, 0.3) is 5.76 Å². The minimum atomic E-state index is -0.853. The summed E-state index contributed by atoms with van der Waals surface area (Å²) in [6, 6.07) is 12.3. The van der Waals surface area contributed by atoms with Gasteiger partial charge in [0.25, 0.3) is 11.7 Å². The Morgan fingerprint density at radius 2 is 1.78 bits per heavy atom. The molecule has 0 aromatic heterocycles. The largest absolute Gasteiger partial charge is 0.507 e. The fourth-order valence-corrected chi connectivity index (χ4v) is 3.68. The molecule has 1 N–H and O–H groups in total. The first-order chi connectivity index (χ1) is 15.4. The summed E-state index contributed by atoms with van der Waals surface area (Å²) in [7, 11) is 3.05. The van der Waals surface area contributed by atoms with Gasteiger partial charge in [-0.25, -0.2) is 0 Å². The van der Waals surface area contributed by atoms with Gasteiger partial charge in [-0.3, -0.25) is 14.4 Å². The molecule has 3 rings (SSSR count). The Morgan fingerprint density at radius 1 is 1.06 bits per heavy atom. The number of amides is 1. The number of ether oxygens (including phenoxy) is 3. The lowest BCUT2D eigenvalue weighted by molar-refractivity contribution is -0.140. The van der Waals surface area contributed by atoms with Crippen LogP contribution in [0, 0.1) is 0 Å². The maximum Gasteiger partial charge on any atom is 0.308 e. The van der Waals surface area contributed by atoms with E-state index >= 15 is 0 Å². The molecule has 1 amide bonds. The summed E-state index contributed by atoms with van der Waals surface area (Å²) in [5, 5.41) is 11.1. The number of rotatable bonds is 8. The van der Waals surface area contributed by atoms with Crippen molar-refractivity contribution in [2.24, 2.45) is 0 Å². The summed E-state index contributed by atoms with van der Waals surface area (Å²) >= 11 is 0. The van der Waals surface area contributed by atoms with Crippen LogP contribution in [0.15, 0.2) is 54.1 Å². The second-order valence-corrected chi connectivity index (χ2v) is 7.24. The number of nitrogens with zero attached hydrogens (tertiary/aromatic N) is 1.